The first-order valence-electron chi connectivity index (χ1n) is 7.92. The van der Waals surface area contributed by atoms with Crippen molar-refractivity contribution in [2.45, 2.75) is 0 Å². The summed E-state index contributed by atoms with van der Waals surface area (Å²) in [6, 6.07) is 11.0. The molecule has 2 heterocycles. The molecule has 4 aromatic rings. The Morgan fingerprint density at radius 1 is 0.808 bits per heavy atom. The molecule has 2 aromatic heterocycles. The normalized spacial score (nSPS) is 11.0. The summed E-state index contributed by atoms with van der Waals surface area (Å²) < 4.78 is 27.9. The van der Waals surface area contributed by atoms with Crippen molar-refractivity contribution in [1.29, 1.82) is 0 Å². The quantitative estimate of drug-likeness (QED) is 0.547. The molecule has 2 aromatic carbocycles. The number of hydrogen-bond acceptors (Lipinski definition) is 6. The summed E-state index contributed by atoms with van der Waals surface area (Å²) in [6.07, 6.45) is 1.51. The van der Waals surface area contributed by atoms with E-state index in [9.17, 15) is 4.79 Å². The van der Waals surface area contributed by atoms with Crippen LogP contribution in [-0.4, -0.2) is 21.3 Å². The number of methoxy groups -OCH3 is 3. The van der Waals surface area contributed by atoms with Crippen molar-refractivity contribution in [1.82, 2.24) is 0 Å². The second-order valence-corrected chi connectivity index (χ2v) is 5.59. The first-order valence-corrected chi connectivity index (χ1v) is 7.92. The number of furan rings is 1. The van der Waals surface area contributed by atoms with Crippen LogP contribution in [0.15, 0.2) is 56.3 Å². The van der Waals surface area contributed by atoms with Crippen molar-refractivity contribution in [2.24, 2.45) is 0 Å². The Morgan fingerprint density at radius 2 is 1.50 bits per heavy atom. The van der Waals surface area contributed by atoms with Crippen LogP contribution in [0.2, 0.25) is 0 Å². The minimum atomic E-state index is -0.342. The lowest BCUT2D eigenvalue weighted by atomic mass is 10.1. The molecule has 0 aliphatic rings. The van der Waals surface area contributed by atoms with Gasteiger partial charge in [-0.05, 0) is 6.07 Å². The van der Waals surface area contributed by atoms with Crippen LogP contribution in [0.5, 0.6) is 17.2 Å². The van der Waals surface area contributed by atoms with Gasteiger partial charge in [-0.2, -0.15) is 0 Å². The average molecular weight is 352 g/mol. The van der Waals surface area contributed by atoms with Crippen LogP contribution in [0.25, 0.3) is 33.3 Å². The molecule has 0 fully saturated rings. The molecule has 0 aliphatic heterocycles. The lowest BCUT2D eigenvalue weighted by Gasteiger charge is -2.14. The zero-order valence-corrected chi connectivity index (χ0v) is 14.5. The summed E-state index contributed by atoms with van der Waals surface area (Å²) in [5, 5.41) is 0.865. The number of hydrogen-bond donors (Lipinski definition) is 0. The van der Waals surface area contributed by atoms with Gasteiger partial charge in [-0.15, -0.1) is 0 Å². The lowest BCUT2D eigenvalue weighted by Crippen LogP contribution is -2.09. The van der Waals surface area contributed by atoms with Crippen LogP contribution in [0.1, 0.15) is 0 Å². The van der Waals surface area contributed by atoms with Crippen molar-refractivity contribution in [3.8, 4) is 28.6 Å². The number of benzene rings is 2. The van der Waals surface area contributed by atoms with Gasteiger partial charge >= 0.3 is 0 Å². The standard InChI is InChI=1S/C20H16O6/c1-22-18-13-14(21)19(23-2)15(11-7-5-4-6-8-11)26-16(13)12-9-10-25-17(12)20(18)24-3/h4-10H,1-3H3. The highest BCUT2D eigenvalue weighted by Gasteiger charge is 2.26. The molecule has 132 valence electrons. The predicted molar refractivity (Wildman–Crippen MR) is 97.3 cm³/mol. The van der Waals surface area contributed by atoms with Gasteiger partial charge in [0.15, 0.2) is 22.7 Å². The molecule has 0 saturated heterocycles. The maximum atomic E-state index is 13.2. The summed E-state index contributed by atoms with van der Waals surface area (Å²) in [7, 11) is 4.39. The zero-order chi connectivity index (χ0) is 18.3. The fourth-order valence-corrected chi connectivity index (χ4v) is 3.14. The van der Waals surface area contributed by atoms with Gasteiger partial charge in [-0.1, -0.05) is 30.3 Å². The van der Waals surface area contributed by atoms with Crippen LogP contribution in [0, 0.1) is 0 Å². The highest BCUT2D eigenvalue weighted by atomic mass is 16.5. The van der Waals surface area contributed by atoms with E-state index < -0.39 is 0 Å². The van der Waals surface area contributed by atoms with Crippen molar-refractivity contribution in [3.05, 3.63) is 52.9 Å². The molecule has 6 heteroatoms. The first kappa shape index (κ1) is 16.1. The maximum Gasteiger partial charge on any atom is 0.239 e. The average Bonchev–Trinajstić information content (AvgIpc) is 3.17. The molecule has 0 radical (unpaired) electrons. The summed E-state index contributed by atoms with van der Waals surface area (Å²) in [5.41, 5.74) is 1.20. The summed E-state index contributed by atoms with van der Waals surface area (Å²) >= 11 is 0. The molecule has 0 atom stereocenters. The Balaban J connectivity index is 2.24. The molecular weight excluding hydrogens is 336 g/mol. The van der Waals surface area contributed by atoms with Gasteiger partial charge in [0, 0.05) is 5.56 Å². The van der Waals surface area contributed by atoms with Crippen LogP contribution in [0.4, 0.5) is 0 Å². The maximum absolute atomic E-state index is 13.2. The summed E-state index contributed by atoms with van der Waals surface area (Å²) in [5.74, 6) is 1.03. The Hall–Kier alpha value is -3.41. The number of fused-ring (bicyclic) bond motifs is 3. The summed E-state index contributed by atoms with van der Waals surface area (Å²) in [4.78, 5) is 13.2. The molecule has 0 unspecified atom stereocenters. The van der Waals surface area contributed by atoms with Gasteiger partial charge in [0.1, 0.15) is 5.39 Å². The molecular formula is C20H16O6. The minimum absolute atomic E-state index is 0.104. The highest BCUT2D eigenvalue weighted by molar-refractivity contribution is 6.09. The molecule has 6 nitrogen and oxygen atoms in total. The van der Waals surface area contributed by atoms with Gasteiger partial charge in [0.2, 0.25) is 16.9 Å². The van der Waals surface area contributed by atoms with E-state index in [-0.39, 0.29) is 22.3 Å². The Morgan fingerprint density at radius 3 is 2.15 bits per heavy atom. The van der Waals surface area contributed by atoms with E-state index in [1.807, 2.05) is 30.3 Å². The molecule has 0 spiro atoms. The van der Waals surface area contributed by atoms with Crippen molar-refractivity contribution in [3.63, 3.8) is 0 Å². The van der Waals surface area contributed by atoms with E-state index in [0.29, 0.717) is 28.1 Å². The van der Waals surface area contributed by atoms with Crippen LogP contribution >= 0.6 is 0 Å². The van der Waals surface area contributed by atoms with Gasteiger partial charge in [0.25, 0.3) is 0 Å². The third-order valence-electron chi connectivity index (χ3n) is 4.27. The van der Waals surface area contributed by atoms with E-state index in [1.165, 1.54) is 27.6 Å². The molecule has 26 heavy (non-hydrogen) atoms. The Kier molecular flexibility index (Phi) is 3.80. The minimum Gasteiger partial charge on any atom is -0.492 e. The van der Waals surface area contributed by atoms with Crippen molar-refractivity contribution >= 4 is 21.9 Å². The smallest absolute Gasteiger partial charge is 0.239 e. The third-order valence-corrected chi connectivity index (χ3v) is 4.27. The second kappa shape index (κ2) is 6.15. The fraction of sp³-hybridized carbons (Fsp3) is 0.150. The van der Waals surface area contributed by atoms with E-state index >= 15 is 0 Å². The van der Waals surface area contributed by atoms with E-state index in [2.05, 4.69) is 0 Å². The van der Waals surface area contributed by atoms with Crippen LogP contribution < -0.4 is 19.6 Å². The van der Waals surface area contributed by atoms with E-state index in [4.69, 9.17) is 23.0 Å². The lowest BCUT2D eigenvalue weighted by molar-refractivity contribution is 0.355. The number of ether oxygens (including phenoxy) is 3. The molecule has 0 N–H and O–H groups in total. The van der Waals surface area contributed by atoms with Crippen molar-refractivity contribution in [2.75, 3.05) is 21.3 Å². The van der Waals surface area contributed by atoms with Gasteiger partial charge < -0.3 is 23.0 Å². The molecule has 0 amide bonds. The topological polar surface area (TPSA) is 71.0 Å². The van der Waals surface area contributed by atoms with Crippen LogP contribution in [0.3, 0.4) is 0 Å². The Bertz CT molecular complexity index is 1150. The van der Waals surface area contributed by atoms with E-state index in [0.717, 1.165) is 5.56 Å². The van der Waals surface area contributed by atoms with Gasteiger partial charge in [-0.3, -0.25) is 4.79 Å². The van der Waals surface area contributed by atoms with E-state index in [1.54, 1.807) is 6.07 Å². The first-order chi connectivity index (χ1) is 12.7. The molecule has 0 aliphatic carbocycles. The third kappa shape index (κ3) is 2.15. The van der Waals surface area contributed by atoms with Gasteiger partial charge in [0.05, 0.1) is 33.0 Å². The largest absolute Gasteiger partial charge is 0.492 e. The fourth-order valence-electron chi connectivity index (χ4n) is 3.14. The van der Waals surface area contributed by atoms with Crippen molar-refractivity contribution < 1.29 is 23.0 Å². The second-order valence-electron chi connectivity index (χ2n) is 5.59. The number of rotatable bonds is 4. The Labute approximate surface area is 148 Å². The summed E-state index contributed by atoms with van der Waals surface area (Å²) in [6.45, 7) is 0. The molecule has 4 rings (SSSR count). The molecule has 0 saturated carbocycles. The zero-order valence-electron chi connectivity index (χ0n) is 14.5. The highest BCUT2D eigenvalue weighted by Crippen LogP contribution is 2.44. The van der Waals surface area contributed by atoms with Crippen LogP contribution in [-0.2, 0) is 0 Å². The molecule has 0 bridgehead atoms. The predicted octanol–water partition coefficient (Wildman–Crippen LogP) is 4.23. The SMILES string of the molecule is COc1c(-c2ccccc2)oc2c(c(OC)c(OC)c3occc32)c1=O. The monoisotopic (exact) mass is 352 g/mol. The van der Waals surface area contributed by atoms with Gasteiger partial charge in [-0.25, -0.2) is 0 Å².